The second-order valence-corrected chi connectivity index (χ2v) is 5.27. The largest absolute Gasteiger partial charge is 0.390 e. The summed E-state index contributed by atoms with van der Waals surface area (Å²) in [5.74, 6) is 0. The molecular weight excluding hydrogens is 254 g/mol. The zero-order valence-electron chi connectivity index (χ0n) is 12.2. The molecule has 1 unspecified atom stereocenters. The smallest absolute Gasteiger partial charge is 0.159 e. The Morgan fingerprint density at radius 1 is 1.15 bits per heavy atom. The van der Waals surface area contributed by atoms with Crippen LogP contribution < -0.4 is 0 Å². The van der Waals surface area contributed by atoms with Crippen molar-refractivity contribution in [1.29, 1.82) is 0 Å². The van der Waals surface area contributed by atoms with Crippen LogP contribution in [0.4, 0.5) is 0 Å². The Kier molecular flexibility index (Phi) is 4.70. The highest BCUT2D eigenvalue weighted by atomic mass is 16.7. The zero-order chi connectivity index (χ0) is 14.6. The van der Waals surface area contributed by atoms with Crippen LogP contribution in [-0.4, -0.2) is 36.2 Å². The van der Waals surface area contributed by atoms with Crippen molar-refractivity contribution in [3.8, 4) is 0 Å². The first kappa shape index (κ1) is 14.9. The molecular formula is C16H21NO3. The molecule has 20 heavy (non-hydrogen) atoms. The standard InChI is InChI=1S/C16H21NO3/c1-16(18,11-15(19-2)20-3)10-13-9-8-12-6-4-5-7-14(12)17-13/h4-9,15,18H,10-11H2,1-3H3. The normalized spacial score (nSPS) is 14.7. The molecule has 0 saturated carbocycles. The third kappa shape index (κ3) is 3.76. The number of ether oxygens (including phenoxy) is 2. The highest BCUT2D eigenvalue weighted by Gasteiger charge is 2.26. The lowest BCUT2D eigenvalue weighted by atomic mass is 9.95. The second-order valence-electron chi connectivity index (χ2n) is 5.27. The lowest BCUT2D eigenvalue weighted by Gasteiger charge is -2.26. The van der Waals surface area contributed by atoms with Crippen LogP contribution in [0.1, 0.15) is 19.0 Å². The summed E-state index contributed by atoms with van der Waals surface area (Å²) in [6, 6.07) is 11.9. The van der Waals surface area contributed by atoms with Crippen LogP contribution >= 0.6 is 0 Å². The minimum absolute atomic E-state index is 0.397. The summed E-state index contributed by atoms with van der Waals surface area (Å²) in [6.45, 7) is 1.77. The molecule has 2 aromatic rings. The number of aliphatic hydroxyl groups is 1. The first-order chi connectivity index (χ1) is 9.54. The van der Waals surface area contributed by atoms with Gasteiger partial charge in [0.25, 0.3) is 0 Å². The van der Waals surface area contributed by atoms with Crippen molar-refractivity contribution in [1.82, 2.24) is 4.98 Å². The van der Waals surface area contributed by atoms with Gasteiger partial charge in [-0.05, 0) is 19.1 Å². The van der Waals surface area contributed by atoms with Gasteiger partial charge >= 0.3 is 0 Å². The van der Waals surface area contributed by atoms with E-state index in [0.29, 0.717) is 12.8 Å². The van der Waals surface area contributed by atoms with E-state index in [1.807, 2.05) is 36.4 Å². The fraction of sp³-hybridized carbons (Fsp3) is 0.438. The van der Waals surface area contributed by atoms with Crippen LogP contribution in [0.15, 0.2) is 36.4 Å². The summed E-state index contributed by atoms with van der Waals surface area (Å²) in [4.78, 5) is 4.58. The van der Waals surface area contributed by atoms with E-state index in [1.54, 1.807) is 21.1 Å². The van der Waals surface area contributed by atoms with E-state index < -0.39 is 11.9 Å². The highest BCUT2D eigenvalue weighted by molar-refractivity contribution is 5.78. The number of aromatic nitrogens is 1. The van der Waals surface area contributed by atoms with Crippen LogP contribution in [0.25, 0.3) is 10.9 Å². The van der Waals surface area contributed by atoms with E-state index in [-0.39, 0.29) is 0 Å². The molecule has 1 N–H and O–H groups in total. The van der Waals surface area contributed by atoms with Gasteiger partial charge in [0, 0.05) is 38.1 Å². The molecule has 108 valence electrons. The monoisotopic (exact) mass is 275 g/mol. The highest BCUT2D eigenvalue weighted by Crippen LogP contribution is 2.21. The number of hydrogen-bond donors (Lipinski definition) is 1. The van der Waals surface area contributed by atoms with Gasteiger partial charge in [-0.3, -0.25) is 4.98 Å². The number of benzene rings is 1. The predicted octanol–water partition coefficient (Wildman–Crippen LogP) is 2.54. The molecule has 0 amide bonds. The molecule has 0 aliphatic heterocycles. The fourth-order valence-corrected chi connectivity index (χ4v) is 2.29. The van der Waals surface area contributed by atoms with Crippen molar-refractivity contribution in [2.24, 2.45) is 0 Å². The van der Waals surface area contributed by atoms with Gasteiger partial charge in [-0.1, -0.05) is 24.3 Å². The molecule has 1 aromatic heterocycles. The second kappa shape index (κ2) is 6.31. The first-order valence-electron chi connectivity index (χ1n) is 6.67. The van der Waals surface area contributed by atoms with Gasteiger partial charge in [0.15, 0.2) is 6.29 Å². The van der Waals surface area contributed by atoms with Crippen molar-refractivity contribution in [2.45, 2.75) is 31.7 Å². The number of rotatable bonds is 6. The van der Waals surface area contributed by atoms with Crippen LogP contribution in [0.3, 0.4) is 0 Å². The Balaban J connectivity index is 2.13. The van der Waals surface area contributed by atoms with Crippen LogP contribution in [-0.2, 0) is 15.9 Å². The van der Waals surface area contributed by atoms with Crippen LogP contribution in [0, 0.1) is 0 Å². The number of para-hydroxylation sites is 1. The summed E-state index contributed by atoms with van der Waals surface area (Å²) < 4.78 is 10.3. The van der Waals surface area contributed by atoms with Gasteiger partial charge in [0.2, 0.25) is 0 Å². The van der Waals surface area contributed by atoms with Crippen molar-refractivity contribution < 1.29 is 14.6 Å². The summed E-state index contributed by atoms with van der Waals surface area (Å²) in [7, 11) is 3.14. The maximum Gasteiger partial charge on any atom is 0.159 e. The zero-order valence-corrected chi connectivity index (χ0v) is 12.2. The Labute approximate surface area is 119 Å². The Morgan fingerprint density at radius 2 is 1.85 bits per heavy atom. The molecule has 0 fully saturated rings. The first-order valence-corrected chi connectivity index (χ1v) is 6.67. The fourth-order valence-electron chi connectivity index (χ4n) is 2.29. The van der Waals surface area contributed by atoms with Gasteiger partial charge in [0.05, 0.1) is 11.1 Å². The van der Waals surface area contributed by atoms with Crippen molar-refractivity contribution in [3.05, 3.63) is 42.1 Å². The summed E-state index contributed by atoms with van der Waals surface area (Å²) in [5.41, 5.74) is 0.877. The van der Waals surface area contributed by atoms with E-state index in [1.165, 1.54) is 0 Å². The lowest BCUT2D eigenvalue weighted by Crippen LogP contribution is -2.34. The molecule has 0 aliphatic rings. The minimum atomic E-state index is -0.924. The van der Waals surface area contributed by atoms with E-state index in [9.17, 15) is 5.11 Å². The number of hydrogen-bond acceptors (Lipinski definition) is 4. The number of nitrogens with zero attached hydrogens (tertiary/aromatic N) is 1. The molecule has 0 saturated heterocycles. The molecule has 2 rings (SSSR count). The van der Waals surface area contributed by atoms with Crippen molar-refractivity contribution >= 4 is 10.9 Å². The SMILES string of the molecule is COC(CC(C)(O)Cc1ccc2ccccc2n1)OC. The number of methoxy groups -OCH3 is 2. The predicted molar refractivity (Wildman–Crippen MR) is 78.5 cm³/mol. The maximum absolute atomic E-state index is 10.5. The Hall–Kier alpha value is -1.49. The number of pyridine rings is 1. The van der Waals surface area contributed by atoms with Crippen molar-refractivity contribution in [2.75, 3.05) is 14.2 Å². The Bertz CT molecular complexity index is 564. The summed E-state index contributed by atoms with van der Waals surface area (Å²) in [6.07, 6.45) is 0.445. The minimum Gasteiger partial charge on any atom is -0.390 e. The number of fused-ring (bicyclic) bond motifs is 1. The molecule has 0 bridgehead atoms. The summed E-state index contributed by atoms with van der Waals surface area (Å²) in [5, 5.41) is 11.6. The van der Waals surface area contributed by atoms with Gasteiger partial charge in [-0.2, -0.15) is 0 Å². The third-order valence-electron chi connectivity index (χ3n) is 3.35. The van der Waals surface area contributed by atoms with Gasteiger partial charge in [0.1, 0.15) is 0 Å². The van der Waals surface area contributed by atoms with E-state index >= 15 is 0 Å². The maximum atomic E-state index is 10.5. The van der Waals surface area contributed by atoms with Gasteiger partial charge < -0.3 is 14.6 Å². The third-order valence-corrected chi connectivity index (χ3v) is 3.35. The average Bonchev–Trinajstić information content (AvgIpc) is 2.44. The van der Waals surface area contributed by atoms with Crippen molar-refractivity contribution in [3.63, 3.8) is 0 Å². The van der Waals surface area contributed by atoms with Crippen LogP contribution in [0.5, 0.6) is 0 Å². The molecule has 4 nitrogen and oxygen atoms in total. The molecule has 1 heterocycles. The molecule has 0 aliphatic carbocycles. The van der Waals surface area contributed by atoms with Gasteiger partial charge in [-0.15, -0.1) is 0 Å². The topological polar surface area (TPSA) is 51.6 Å². The van der Waals surface area contributed by atoms with Crippen LogP contribution in [0.2, 0.25) is 0 Å². The van der Waals surface area contributed by atoms with E-state index in [4.69, 9.17) is 9.47 Å². The molecule has 4 heteroatoms. The van der Waals surface area contributed by atoms with E-state index in [0.717, 1.165) is 16.6 Å². The lowest BCUT2D eigenvalue weighted by molar-refractivity contribution is -0.139. The van der Waals surface area contributed by atoms with Gasteiger partial charge in [-0.25, -0.2) is 0 Å². The molecule has 1 atom stereocenters. The quantitative estimate of drug-likeness (QED) is 0.823. The summed E-state index contributed by atoms with van der Waals surface area (Å²) >= 11 is 0. The van der Waals surface area contributed by atoms with E-state index in [2.05, 4.69) is 4.98 Å². The molecule has 0 spiro atoms. The average molecular weight is 275 g/mol. The molecule has 0 radical (unpaired) electrons. The Morgan fingerprint density at radius 3 is 2.55 bits per heavy atom. The molecule has 1 aromatic carbocycles.